The standard InChI is InChI=1S/C26H29Cl2F2N3O5.C2HF3O2/c27-17-3-1-15(2-4-17)26(37)32-7-5-18(6-8-32)31-20-12-33(13-22(20)34)21-11-23(38-14-24(29)30)19(28)9-16(21)10-25(35)36;3-2(4,5)1(6)7/h1-4,9,11,18,20,22,24,31,34H,5-8,10,12-14H2,(H,35,36);(H,6,7)/t20?,22-;/m1./s1. The van der Waals surface area contributed by atoms with Gasteiger partial charge in [-0.2, -0.15) is 13.2 Å². The quantitative estimate of drug-likeness (QED) is 0.284. The van der Waals surface area contributed by atoms with Crippen molar-refractivity contribution in [2.75, 3.05) is 37.7 Å². The number of nitrogens with zero attached hydrogens (tertiary/aromatic N) is 2. The van der Waals surface area contributed by atoms with Crippen LogP contribution in [-0.2, 0) is 16.0 Å². The topological polar surface area (TPSA) is 140 Å². The van der Waals surface area contributed by atoms with Gasteiger partial charge in [0.05, 0.1) is 23.6 Å². The highest BCUT2D eigenvalue weighted by atomic mass is 35.5. The number of likely N-dealkylation sites (tertiary alicyclic amines) is 1. The molecule has 2 heterocycles. The van der Waals surface area contributed by atoms with Crippen molar-refractivity contribution in [1.82, 2.24) is 10.2 Å². The summed E-state index contributed by atoms with van der Waals surface area (Å²) in [6, 6.07) is 9.43. The van der Waals surface area contributed by atoms with Gasteiger partial charge in [-0.05, 0) is 48.7 Å². The SMILES string of the molecule is O=C(O)C(F)(F)F.O=C(O)Cc1cc(Cl)c(OCC(F)F)cc1N1CC(NC2CCN(C(=O)c3ccc(Cl)cc3)CC2)[C@H](O)C1. The molecule has 0 aromatic heterocycles. The number of anilines is 1. The second-order valence-electron chi connectivity index (χ2n) is 10.3. The third-order valence-electron chi connectivity index (χ3n) is 7.03. The fourth-order valence-electron chi connectivity index (χ4n) is 4.92. The normalized spacial score (nSPS) is 18.9. The molecule has 0 saturated carbocycles. The van der Waals surface area contributed by atoms with Crippen molar-refractivity contribution in [2.45, 2.75) is 50.1 Å². The molecule has 248 valence electrons. The van der Waals surface area contributed by atoms with Crippen molar-refractivity contribution < 1.29 is 56.4 Å². The lowest BCUT2D eigenvalue weighted by Gasteiger charge is -2.34. The molecule has 4 N–H and O–H groups in total. The summed E-state index contributed by atoms with van der Waals surface area (Å²) in [6.45, 7) is 0.873. The van der Waals surface area contributed by atoms with Crippen LogP contribution in [0.5, 0.6) is 5.75 Å². The van der Waals surface area contributed by atoms with Crippen LogP contribution >= 0.6 is 23.2 Å². The number of alkyl halides is 5. The Morgan fingerprint density at radius 3 is 2.16 bits per heavy atom. The molecule has 45 heavy (non-hydrogen) atoms. The Balaban J connectivity index is 0.000000707. The number of aliphatic carboxylic acids is 2. The first-order chi connectivity index (χ1) is 21.0. The Labute approximate surface area is 264 Å². The number of carboxylic acids is 2. The minimum absolute atomic E-state index is 0.0275. The number of aliphatic hydroxyl groups excluding tert-OH is 1. The van der Waals surface area contributed by atoms with E-state index < -0.39 is 37.3 Å². The number of carbonyl (C=O) groups is 3. The fourth-order valence-corrected chi connectivity index (χ4v) is 5.29. The first-order valence-electron chi connectivity index (χ1n) is 13.5. The van der Waals surface area contributed by atoms with Crippen LogP contribution in [0.15, 0.2) is 36.4 Å². The van der Waals surface area contributed by atoms with Crippen molar-refractivity contribution in [3.05, 3.63) is 57.6 Å². The third kappa shape index (κ3) is 10.6. The van der Waals surface area contributed by atoms with E-state index in [1.165, 1.54) is 12.1 Å². The number of ether oxygens (including phenoxy) is 1. The molecule has 2 aromatic rings. The third-order valence-corrected chi connectivity index (χ3v) is 7.58. The molecule has 0 aliphatic carbocycles. The molecule has 17 heteroatoms. The van der Waals surface area contributed by atoms with Gasteiger partial charge in [-0.25, -0.2) is 13.6 Å². The molecule has 1 amide bonds. The lowest BCUT2D eigenvalue weighted by Crippen LogP contribution is -2.50. The number of halogens is 7. The van der Waals surface area contributed by atoms with Crippen LogP contribution in [0.1, 0.15) is 28.8 Å². The lowest BCUT2D eigenvalue weighted by molar-refractivity contribution is -0.192. The summed E-state index contributed by atoms with van der Waals surface area (Å²) in [5.41, 5.74) is 1.45. The van der Waals surface area contributed by atoms with Crippen LogP contribution < -0.4 is 15.0 Å². The van der Waals surface area contributed by atoms with E-state index in [0.29, 0.717) is 54.3 Å². The van der Waals surface area contributed by atoms with E-state index in [9.17, 15) is 41.8 Å². The Hall–Kier alpha value is -3.40. The van der Waals surface area contributed by atoms with Gasteiger partial charge in [-0.15, -0.1) is 0 Å². The summed E-state index contributed by atoms with van der Waals surface area (Å²) in [4.78, 5) is 36.7. The van der Waals surface area contributed by atoms with E-state index in [4.69, 9.17) is 37.8 Å². The van der Waals surface area contributed by atoms with Crippen LogP contribution in [0.3, 0.4) is 0 Å². The van der Waals surface area contributed by atoms with E-state index in [1.54, 1.807) is 29.2 Å². The molecule has 2 aromatic carbocycles. The van der Waals surface area contributed by atoms with Gasteiger partial charge in [-0.3, -0.25) is 9.59 Å². The van der Waals surface area contributed by atoms with Gasteiger partial charge in [0.25, 0.3) is 12.3 Å². The van der Waals surface area contributed by atoms with Crippen LogP contribution in [0.2, 0.25) is 10.0 Å². The highest BCUT2D eigenvalue weighted by molar-refractivity contribution is 6.32. The Morgan fingerprint density at radius 2 is 1.62 bits per heavy atom. The molecule has 1 unspecified atom stereocenters. The average molecular weight is 686 g/mol. The lowest BCUT2D eigenvalue weighted by atomic mass is 10.0. The Kier molecular flexibility index (Phi) is 12.6. The maximum atomic E-state index is 12.8. The van der Waals surface area contributed by atoms with Crippen LogP contribution in [0.25, 0.3) is 0 Å². The van der Waals surface area contributed by atoms with Crippen LogP contribution in [0, 0.1) is 0 Å². The second kappa shape index (κ2) is 15.7. The zero-order valence-electron chi connectivity index (χ0n) is 23.4. The number of carboxylic acid groups (broad SMARTS) is 2. The summed E-state index contributed by atoms with van der Waals surface area (Å²) < 4.78 is 62.2. The van der Waals surface area contributed by atoms with Crippen molar-refractivity contribution in [3.63, 3.8) is 0 Å². The van der Waals surface area contributed by atoms with Crippen molar-refractivity contribution in [2.24, 2.45) is 0 Å². The molecule has 2 fully saturated rings. The van der Waals surface area contributed by atoms with E-state index >= 15 is 0 Å². The smallest absolute Gasteiger partial charge is 0.486 e. The predicted octanol–water partition coefficient (Wildman–Crippen LogP) is 4.34. The highest BCUT2D eigenvalue weighted by Gasteiger charge is 2.38. The maximum Gasteiger partial charge on any atom is 0.490 e. The summed E-state index contributed by atoms with van der Waals surface area (Å²) in [6.07, 6.45) is -7.43. The summed E-state index contributed by atoms with van der Waals surface area (Å²) in [7, 11) is 0. The fraction of sp³-hybridized carbons (Fsp3) is 0.464. The molecule has 4 rings (SSSR count). The minimum Gasteiger partial charge on any atom is -0.486 e. The van der Waals surface area contributed by atoms with E-state index in [1.807, 2.05) is 4.90 Å². The number of rotatable bonds is 9. The molecule has 0 spiro atoms. The number of β-amino-alcohol motifs (C(OH)–C–C–N with tert-alkyl or cyclic N) is 1. The first kappa shape index (κ1) is 36.1. The molecule has 0 radical (unpaired) electrons. The number of piperidine rings is 1. The summed E-state index contributed by atoms with van der Waals surface area (Å²) in [5, 5.41) is 31.3. The zero-order chi connectivity index (χ0) is 33.5. The zero-order valence-corrected chi connectivity index (χ0v) is 25.0. The minimum atomic E-state index is -5.08. The molecule has 2 aliphatic heterocycles. The molecule has 2 saturated heterocycles. The van der Waals surface area contributed by atoms with Gasteiger partial charge in [0.1, 0.15) is 12.4 Å². The number of aliphatic hydroxyl groups is 1. The van der Waals surface area contributed by atoms with Crippen molar-refractivity contribution in [1.29, 1.82) is 0 Å². The number of hydrogen-bond donors (Lipinski definition) is 4. The number of benzene rings is 2. The monoisotopic (exact) mass is 685 g/mol. The Morgan fingerprint density at radius 1 is 1.02 bits per heavy atom. The first-order valence-corrected chi connectivity index (χ1v) is 14.3. The second-order valence-corrected chi connectivity index (χ2v) is 11.1. The van der Waals surface area contributed by atoms with E-state index in [2.05, 4.69) is 5.32 Å². The number of hydrogen-bond acceptors (Lipinski definition) is 7. The molecule has 2 aliphatic rings. The van der Waals surface area contributed by atoms with Crippen LogP contribution in [0.4, 0.5) is 27.6 Å². The molecule has 10 nitrogen and oxygen atoms in total. The predicted molar refractivity (Wildman–Crippen MR) is 154 cm³/mol. The molecule has 0 bridgehead atoms. The van der Waals surface area contributed by atoms with Gasteiger partial charge in [-0.1, -0.05) is 23.2 Å². The number of carbonyl (C=O) groups excluding carboxylic acids is 1. The van der Waals surface area contributed by atoms with Crippen molar-refractivity contribution >= 4 is 46.7 Å². The van der Waals surface area contributed by atoms with Gasteiger partial charge in [0.2, 0.25) is 0 Å². The van der Waals surface area contributed by atoms with Gasteiger partial charge >= 0.3 is 18.1 Å². The summed E-state index contributed by atoms with van der Waals surface area (Å²) >= 11 is 12.1. The molecule has 2 atom stereocenters. The maximum absolute atomic E-state index is 12.8. The Bertz CT molecular complexity index is 1340. The van der Waals surface area contributed by atoms with Crippen molar-refractivity contribution in [3.8, 4) is 5.75 Å². The van der Waals surface area contributed by atoms with Gasteiger partial charge in [0, 0.05) is 54.6 Å². The highest BCUT2D eigenvalue weighted by Crippen LogP contribution is 2.36. The number of nitrogens with one attached hydrogen (secondary N) is 1. The van der Waals surface area contributed by atoms with E-state index in [-0.39, 0.29) is 41.7 Å². The van der Waals surface area contributed by atoms with Crippen LogP contribution in [-0.4, -0.2) is 102 Å². The molecular formula is C28H30Cl2F5N3O7. The largest absolute Gasteiger partial charge is 0.490 e. The average Bonchev–Trinajstić information content (AvgIpc) is 3.31. The van der Waals surface area contributed by atoms with E-state index in [0.717, 1.165) is 0 Å². The number of amides is 1. The van der Waals surface area contributed by atoms with Gasteiger partial charge < -0.3 is 35.2 Å². The van der Waals surface area contributed by atoms with Gasteiger partial charge in [0.15, 0.2) is 0 Å². The summed E-state index contributed by atoms with van der Waals surface area (Å²) in [5.74, 6) is -3.85. The molecular weight excluding hydrogens is 656 g/mol.